The van der Waals surface area contributed by atoms with Crippen LogP contribution in [0.2, 0.25) is 0 Å². The average molecular weight is 272 g/mol. The first-order chi connectivity index (χ1) is 9.54. The summed E-state index contributed by atoms with van der Waals surface area (Å²) >= 11 is 0. The normalized spacial score (nSPS) is 15.9. The maximum absolute atomic E-state index is 11.9. The van der Waals surface area contributed by atoms with E-state index in [1.165, 1.54) is 11.1 Å². The molecule has 2 rings (SSSR count). The Labute approximate surface area is 121 Å². The first-order valence-electron chi connectivity index (χ1n) is 7.20. The number of nitrogens with zero attached hydrogens (tertiary/aromatic N) is 2. The third-order valence-electron chi connectivity index (χ3n) is 3.61. The number of likely N-dealkylation sites (N-methyl/N-ethyl adjacent to an activating group) is 1. The van der Waals surface area contributed by atoms with Gasteiger partial charge in [-0.1, -0.05) is 35.9 Å². The van der Waals surface area contributed by atoms with Gasteiger partial charge < -0.3 is 9.80 Å². The largest absolute Gasteiger partial charge is 0.338 e. The summed E-state index contributed by atoms with van der Waals surface area (Å²) in [7, 11) is 3.99. The molecule has 0 saturated carbocycles. The second kappa shape index (κ2) is 6.71. The van der Waals surface area contributed by atoms with Crippen LogP contribution < -0.4 is 0 Å². The lowest BCUT2D eigenvalue weighted by molar-refractivity contribution is -0.132. The quantitative estimate of drug-likeness (QED) is 0.767. The van der Waals surface area contributed by atoms with Crippen molar-refractivity contribution in [1.29, 1.82) is 0 Å². The van der Waals surface area contributed by atoms with Crippen molar-refractivity contribution in [2.45, 2.75) is 13.3 Å². The molecule has 1 aromatic carbocycles. The number of amides is 1. The van der Waals surface area contributed by atoms with Gasteiger partial charge in [-0.3, -0.25) is 4.79 Å². The monoisotopic (exact) mass is 272 g/mol. The zero-order chi connectivity index (χ0) is 14.5. The number of hydrogen-bond donors (Lipinski definition) is 0. The number of likely N-dealkylation sites (tertiary alicyclic amines) is 1. The topological polar surface area (TPSA) is 23.6 Å². The van der Waals surface area contributed by atoms with Crippen LogP contribution in [-0.4, -0.2) is 49.4 Å². The van der Waals surface area contributed by atoms with E-state index in [4.69, 9.17) is 0 Å². The van der Waals surface area contributed by atoms with Gasteiger partial charge in [0.05, 0.1) is 0 Å². The van der Waals surface area contributed by atoms with E-state index in [0.717, 1.165) is 26.1 Å². The standard InChI is InChI=1S/C17H24N2O/c1-14-6-4-7-15(10-14)11-16-12-19(13-16)17(20)8-5-9-18(2)3/h4-8,10,16H,9,11-13H2,1-3H3/b8-5+. The van der Waals surface area contributed by atoms with Crippen LogP contribution in [0.25, 0.3) is 0 Å². The third-order valence-corrected chi connectivity index (χ3v) is 3.61. The van der Waals surface area contributed by atoms with E-state index in [1.807, 2.05) is 30.0 Å². The molecule has 0 atom stereocenters. The summed E-state index contributed by atoms with van der Waals surface area (Å²) in [6.45, 7) is 4.71. The molecule has 1 heterocycles. The molecule has 1 aliphatic rings. The van der Waals surface area contributed by atoms with Crippen molar-refractivity contribution in [3.05, 3.63) is 47.5 Å². The smallest absolute Gasteiger partial charge is 0.246 e. The number of aryl methyl sites for hydroxylation is 1. The third kappa shape index (κ3) is 4.20. The Balaban J connectivity index is 1.74. The van der Waals surface area contributed by atoms with Gasteiger partial charge in [0.25, 0.3) is 0 Å². The van der Waals surface area contributed by atoms with Crippen LogP contribution in [-0.2, 0) is 11.2 Å². The van der Waals surface area contributed by atoms with Crippen molar-refractivity contribution in [3.63, 3.8) is 0 Å². The second-order valence-electron chi connectivity index (χ2n) is 5.97. The zero-order valence-electron chi connectivity index (χ0n) is 12.7. The van der Waals surface area contributed by atoms with Gasteiger partial charge in [0, 0.05) is 25.7 Å². The maximum atomic E-state index is 11.9. The Bertz CT molecular complexity index is 488. The SMILES string of the molecule is Cc1cccc(CC2CN(C(=O)/C=C/CN(C)C)C2)c1. The molecule has 0 N–H and O–H groups in total. The number of carbonyl (C=O) groups excluding carboxylic acids is 1. The van der Waals surface area contributed by atoms with Crippen LogP contribution in [0.1, 0.15) is 11.1 Å². The van der Waals surface area contributed by atoms with Gasteiger partial charge >= 0.3 is 0 Å². The molecule has 0 radical (unpaired) electrons. The minimum Gasteiger partial charge on any atom is -0.338 e. The first-order valence-corrected chi connectivity index (χ1v) is 7.20. The van der Waals surface area contributed by atoms with E-state index in [0.29, 0.717) is 5.92 Å². The molecule has 1 fully saturated rings. The molecular weight excluding hydrogens is 248 g/mol. The Morgan fingerprint density at radius 1 is 1.40 bits per heavy atom. The highest BCUT2D eigenvalue weighted by Gasteiger charge is 2.29. The predicted molar refractivity (Wildman–Crippen MR) is 82.6 cm³/mol. The fourth-order valence-corrected chi connectivity index (χ4v) is 2.52. The molecule has 1 aliphatic heterocycles. The van der Waals surface area contributed by atoms with Crippen LogP contribution in [0.15, 0.2) is 36.4 Å². The minimum absolute atomic E-state index is 0.146. The molecule has 108 valence electrons. The lowest BCUT2D eigenvalue weighted by Gasteiger charge is -2.39. The Morgan fingerprint density at radius 3 is 2.80 bits per heavy atom. The Kier molecular flexibility index (Phi) is 4.96. The average Bonchev–Trinajstić information content (AvgIpc) is 2.32. The van der Waals surface area contributed by atoms with Crippen molar-refractivity contribution in [3.8, 4) is 0 Å². The zero-order valence-corrected chi connectivity index (χ0v) is 12.7. The summed E-state index contributed by atoms with van der Waals surface area (Å²) in [4.78, 5) is 15.8. The molecule has 1 saturated heterocycles. The van der Waals surface area contributed by atoms with Gasteiger partial charge in [0.1, 0.15) is 0 Å². The van der Waals surface area contributed by atoms with E-state index in [-0.39, 0.29) is 5.91 Å². The second-order valence-corrected chi connectivity index (χ2v) is 5.97. The summed E-state index contributed by atoms with van der Waals surface area (Å²) in [5.41, 5.74) is 2.69. The molecule has 0 bridgehead atoms. The van der Waals surface area contributed by atoms with E-state index >= 15 is 0 Å². The van der Waals surface area contributed by atoms with Gasteiger partial charge in [-0.2, -0.15) is 0 Å². The number of benzene rings is 1. The number of rotatable bonds is 5. The molecule has 20 heavy (non-hydrogen) atoms. The maximum Gasteiger partial charge on any atom is 0.246 e. The summed E-state index contributed by atoms with van der Waals surface area (Å²) < 4.78 is 0. The summed E-state index contributed by atoms with van der Waals surface area (Å²) in [6.07, 6.45) is 4.70. The number of hydrogen-bond acceptors (Lipinski definition) is 2. The first kappa shape index (κ1) is 14.8. The van der Waals surface area contributed by atoms with Gasteiger partial charge in [-0.05, 0) is 38.9 Å². The van der Waals surface area contributed by atoms with Crippen molar-refractivity contribution in [2.24, 2.45) is 5.92 Å². The minimum atomic E-state index is 0.146. The van der Waals surface area contributed by atoms with Gasteiger partial charge in [0.2, 0.25) is 5.91 Å². The summed E-state index contributed by atoms with van der Waals surface area (Å²) in [6, 6.07) is 8.64. The molecule has 0 spiro atoms. The highest BCUT2D eigenvalue weighted by Crippen LogP contribution is 2.21. The lowest BCUT2D eigenvalue weighted by atomic mass is 9.91. The van der Waals surface area contributed by atoms with E-state index in [9.17, 15) is 4.79 Å². The fourth-order valence-electron chi connectivity index (χ4n) is 2.52. The predicted octanol–water partition coefficient (Wildman–Crippen LogP) is 2.11. The molecule has 3 heteroatoms. The molecule has 0 aliphatic carbocycles. The van der Waals surface area contributed by atoms with Crippen LogP contribution in [0.5, 0.6) is 0 Å². The van der Waals surface area contributed by atoms with Crippen LogP contribution >= 0.6 is 0 Å². The van der Waals surface area contributed by atoms with Crippen molar-refractivity contribution in [1.82, 2.24) is 9.80 Å². The molecule has 0 unspecified atom stereocenters. The van der Waals surface area contributed by atoms with E-state index in [1.54, 1.807) is 6.08 Å². The molecular formula is C17H24N2O. The highest BCUT2D eigenvalue weighted by molar-refractivity contribution is 5.88. The molecule has 1 aromatic rings. The fraction of sp³-hybridized carbons (Fsp3) is 0.471. The Hall–Kier alpha value is -1.61. The van der Waals surface area contributed by atoms with Crippen molar-refractivity contribution < 1.29 is 4.79 Å². The lowest BCUT2D eigenvalue weighted by Crippen LogP contribution is -2.50. The van der Waals surface area contributed by atoms with Crippen LogP contribution in [0.3, 0.4) is 0 Å². The van der Waals surface area contributed by atoms with Gasteiger partial charge in [0.15, 0.2) is 0 Å². The van der Waals surface area contributed by atoms with Gasteiger partial charge in [-0.15, -0.1) is 0 Å². The summed E-state index contributed by atoms with van der Waals surface area (Å²) in [5, 5.41) is 0. The molecule has 0 aromatic heterocycles. The molecule has 3 nitrogen and oxygen atoms in total. The van der Waals surface area contributed by atoms with Crippen LogP contribution in [0, 0.1) is 12.8 Å². The highest BCUT2D eigenvalue weighted by atomic mass is 16.2. The van der Waals surface area contributed by atoms with Crippen LogP contribution in [0.4, 0.5) is 0 Å². The van der Waals surface area contributed by atoms with Crippen molar-refractivity contribution in [2.75, 3.05) is 33.7 Å². The van der Waals surface area contributed by atoms with Crippen molar-refractivity contribution >= 4 is 5.91 Å². The van der Waals surface area contributed by atoms with E-state index in [2.05, 4.69) is 31.2 Å². The van der Waals surface area contributed by atoms with E-state index < -0.39 is 0 Å². The van der Waals surface area contributed by atoms with Gasteiger partial charge in [-0.25, -0.2) is 0 Å². The number of carbonyl (C=O) groups is 1. The molecule has 1 amide bonds. The Morgan fingerprint density at radius 2 is 2.15 bits per heavy atom. The summed E-state index contributed by atoms with van der Waals surface area (Å²) in [5.74, 6) is 0.760.